The van der Waals surface area contributed by atoms with Gasteiger partial charge in [-0.2, -0.15) is 5.26 Å². The second-order valence-corrected chi connectivity index (χ2v) is 5.32. The van der Waals surface area contributed by atoms with Crippen LogP contribution >= 0.6 is 0 Å². The molecule has 0 radical (unpaired) electrons. The zero-order valence-corrected chi connectivity index (χ0v) is 13.5. The normalized spacial score (nSPS) is 10.5. The molecule has 0 saturated carbocycles. The Bertz CT molecular complexity index is 665. The first-order chi connectivity index (χ1) is 11.2. The van der Waals surface area contributed by atoms with Gasteiger partial charge in [0.15, 0.2) is 0 Å². The number of hydrogen-bond acceptors (Lipinski definition) is 5. The maximum atomic E-state index is 8.88. The molecule has 23 heavy (non-hydrogen) atoms. The molecule has 0 aliphatic heterocycles. The van der Waals surface area contributed by atoms with Crippen molar-refractivity contribution in [2.75, 3.05) is 18.5 Å². The molecule has 0 amide bonds. The van der Waals surface area contributed by atoms with Gasteiger partial charge in [0.25, 0.3) is 0 Å². The Hall–Kier alpha value is -2.42. The molecule has 1 aromatic carbocycles. The topological polar surface area (TPSA) is 67.2 Å². The Morgan fingerprint density at radius 1 is 1.17 bits per heavy atom. The largest absolute Gasteiger partial charge is 0.376 e. The van der Waals surface area contributed by atoms with Crippen molar-refractivity contribution in [3.05, 3.63) is 53.7 Å². The molecule has 1 N–H and O–H groups in total. The smallest absolute Gasteiger partial charge is 0.142 e. The second kappa shape index (κ2) is 8.89. The quantitative estimate of drug-likeness (QED) is 0.754. The van der Waals surface area contributed by atoms with Crippen LogP contribution in [-0.2, 0) is 16.1 Å². The molecule has 2 aromatic rings. The number of nitrogens with zero attached hydrogens (tertiary/aromatic N) is 2. The fourth-order valence-electron chi connectivity index (χ4n) is 1.99. The van der Waals surface area contributed by atoms with Crippen LogP contribution in [0.5, 0.6) is 0 Å². The third-order valence-corrected chi connectivity index (χ3v) is 3.01. The van der Waals surface area contributed by atoms with Crippen molar-refractivity contribution in [1.82, 2.24) is 4.98 Å². The molecular weight excluding hydrogens is 290 g/mol. The van der Waals surface area contributed by atoms with Crippen LogP contribution in [0.3, 0.4) is 0 Å². The Morgan fingerprint density at radius 3 is 2.78 bits per heavy atom. The summed E-state index contributed by atoms with van der Waals surface area (Å²) in [6.07, 6.45) is 0.225. The summed E-state index contributed by atoms with van der Waals surface area (Å²) in [7, 11) is 0. The molecule has 1 aromatic heterocycles. The van der Waals surface area contributed by atoms with Crippen LogP contribution in [-0.4, -0.2) is 24.3 Å². The average molecular weight is 311 g/mol. The number of rotatable bonds is 8. The summed E-state index contributed by atoms with van der Waals surface area (Å²) < 4.78 is 11.0. The first-order valence-corrected chi connectivity index (χ1v) is 7.60. The molecule has 1 heterocycles. The van der Waals surface area contributed by atoms with Crippen LogP contribution in [0.2, 0.25) is 0 Å². The molecule has 0 saturated heterocycles. The van der Waals surface area contributed by atoms with Crippen LogP contribution in [0.25, 0.3) is 0 Å². The minimum atomic E-state index is 0.225. The van der Waals surface area contributed by atoms with Crippen LogP contribution < -0.4 is 5.32 Å². The van der Waals surface area contributed by atoms with Crippen molar-refractivity contribution in [1.29, 1.82) is 5.26 Å². The van der Waals surface area contributed by atoms with E-state index >= 15 is 0 Å². The minimum Gasteiger partial charge on any atom is -0.376 e. The summed E-state index contributed by atoms with van der Waals surface area (Å²) in [5.74, 6) is 0.646. The van der Waals surface area contributed by atoms with Crippen molar-refractivity contribution >= 4 is 11.5 Å². The summed E-state index contributed by atoms with van der Waals surface area (Å²) in [4.78, 5) is 4.20. The van der Waals surface area contributed by atoms with E-state index in [9.17, 15) is 0 Å². The minimum absolute atomic E-state index is 0.225. The van der Waals surface area contributed by atoms with Gasteiger partial charge in [0.1, 0.15) is 17.6 Å². The van der Waals surface area contributed by atoms with E-state index in [1.165, 1.54) is 0 Å². The van der Waals surface area contributed by atoms with Crippen molar-refractivity contribution in [2.24, 2.45) is 0 Å². The van der Waals surface area contributed by atoms with Crippen LogP contribution in [0.4, 0.5) is 11.5 Å². The molecule has 0 unspecified atom stereocenters. The van der Waals surface area contributed by atoms with Crippen LogP contribution in [0.1, 0.15) is 25.1 Å². The number of pyridine rings is 1. The van der Waals surface area contributed by atoms with Gasteiger partial charge >= 0.3 is 0 Å². The van der Waals surface area contributed by atoms with Crippen LogP contribution in [0.15, 0.2) is 42.5 Å². The van der Waals surface area contributed by atoms with E-state index in [1.807, 2.05) is 50.2 Å². The highest BCUT2D eigenvalue weighted by molar-refractivity contribution is 5.57. The van der Waals surface area contributed by atoms with Gasteiger partial charge in [0.05, 0.1) is 25.9 Å². The lowest BCUT2D eigenvalue weighted by Crippen LogP contribution is -2.09. The van der Waals surface area contributed by atoms with Crippen molar-refractivity contribution in [3.63, 3.8) is 0 Å². The van der Waals surface area contributed by atoms with E-state index in [0.29, 0.717) is 31.3 Å². The van der Waals surface area contributed by atoms with E-state index in [4.69, 9.17) is 14.7 Å². The zero-order chi connectivity index (χ0) is 16.5. The summed E-state index contributed by atoms with van der Waals surface area (Å²) >= 11 is 0. The highest BCUT2D eigenvalue weighted by Crippen LogP contribution is 2.17. The van der Waals surface area contributed by atoms with E-state index in [0.717, 1.165) is 11.3 Å². The Labute approximate surface area is 136 Å². The van der Waals surface area contributed by atoms with E-state index in [2.05, 4.69) is 10.3 Å². The fraction of sp³-hybridized carbons (Fsp3) is 0.333. The predicted molar refractivity (Wildman–Crippen MR) is 89.4 cm³/mol. The standard InChI is InChI=1S/C18H21N3O2/c1-14(2)23-10-9-22-13-15-5-3-6-16(11-15)20-18-8-4-7-17(12-19)21-18/h3-8,11,14H,9-10,13H2,1-2H3,(H,20,21). The molecule has 5 heteroatoms. The molecule has 0 aliphatic carbocycles. The predicted octanol–water partition coefficient (Wildman–Crippen LogP) is 3.64. The highest BCUT2D eigenvalue weighted by Gasteiger charge is 2.00. The van der Waals surface area contributed by atoms with Gasteiger partial charge in [0.2, 0.25) is 0 Å². The number of nitrogens with one attached hydrogen (secondary N) is 1. The molecule has 120 valence electrons. The van der Waals surface area contributed by atoms with Gasteiger partial charge in [-0.15, -0.1) is 0 Å². The number of benzene rings is 1. The second-order valence-electron chi connectivity index (χ2n) is 5.32. The lowest BCUT2D eigenvalue weighted by Gasteiger charge is -2.10. The monoisotopic (exact) mass is 311 g/mol. The maximum Gasteiger partial charge on any atom is 0.142 e. The lowest BCUT2D eigenvalue weighted by molar-refractivity contribution is 0.0143. The lowest BCUT2D eigenvalue weighted by atomic mass is 10.2. The molecule has 0 aliphatic rings. The summed E-state index contributed by atoms with van der Waals surface area (Å²) in [5.41, 5.74) is 2.36. The first kappa shape index (κ1) is 16.9. The van der Waals surface area contributed by atoms with Gasteiger partial charge in [-0.25, -0.2) is 4.98 Å². The molecule has 0 atom stereocenters. The molecule has 0 spiro atoms. The molecular formula is C18H21N3O2. The Kier molecular flexibility index (Phi) is 6.55. The van der Waals surface area contributed by atoms with Gasteiger partial charge in [-0.05, 0) is 43.7 Å². The van der Waals surface area contributed by atoms with E-state index in [1.54, 1.807) is 12.1 Å². The third kappa shape index (κ3) is 6.07. The SMILES string of the molecule is CC(C)OCCOCc1cccc(Nc2cccc(C#N)n2)c1. The van der Waals surface area contributed by atoms with Gasteiger partial charge in [-0.1, -0.05) is 18.2 Å². The van der Waals surface area contributed by atoms with Crippen LogP contribution in [0, 0.1) is 11.3 Å². The van der Waals surface area contributed by atoms with Crippen molar-refractivity contribution in [3.8, 4) is 6.07 Å². The number of hydrogen-bond donors (Lipinski definition) is 1. The molecule has 5 nitrogen and oxygen atoms in total. The fourth-order valence-corrected chi connectivity index (χ4v) is 1.99. The Morgan fingerprint density at radius 2 is 2.00 bits per heavy atom. The zero-order valence-electron chi connectivity index (χ0n) is 13.5. The van der Waals surface area contributed by atoms with Crippen molar-refractivity contribution in [2.45, 2.75) is 26.6 Å². The Balaban J connectivity index is 1.88. The number of ether oxygens (including phenoxy) is 2. The highest BCUT2D eigenvalue weighted by atomic mass is 16.5. The first-order valence-electron chi connectivity index (χ1n) is 7.60. The maximum absolute atomic E-state index is 8.88. The van der Waals surface area contributed by atoms with Gasteiger partial charge in [0, 0.05) is 5.69 Å². The average Bonchev–Trinajstić information content (AvgIpc) is 2.55. The number of aromatic nitrogens is 1. The summed E-state index contributed by atoms with van der Waals surface area (Å²) in [5, 5.41) is 12.1. The number of anilines is 2. The molecule has 2 rings (SSSR count). The van der Waals surface area contributed by atoms with E-state index in [-0.39, 0.29) is 6.10 Å². The van der Waals surface area contributed by atoms with Crippen molar-refractivity contribution < 1.29 is 9.47 Å². The molecule has 0 fully saturated rings. The van der Waals surface area contributed by atoms with Gasteiger partial charge in [-0.3, -0.25) is 0 Å². The number of nitriles is 1. The third-order valence-electron chi connectivity index (χ3n) is 3.01. The summed E-state index contributed by atoms with van der Waals surface area (Å²) in [6.45, 7) is 5.71. The van der Waals surface area contributed by atoms with Gasteiger partial charge < -0.3 is 14.8 Å². The summed E-state index contributed by atoms with van der Waals surface area (Å²) in [6, 6.07) is 15.3. The molecule has 0 bridgehead atoms. The van der Waals surface area contributed by atoms with E-state index < -0.39 is 0 Å².